The van der Waals surface area contributed by atoms with E-state index in [1.54, 1.807) is 24.5 Å². The standard InChI is InChI=1S/C15H17Cl2NO2/c1-10(2)18-7-11-3-15(19-8-11)9-20-14-5-12(16)4-13(17)6-14/h3-6,8,10,18H,7,9H2,1-2H3. The minimum atomic E-state index is 0.346. The molecular weight excluding hydrogens is 297 g/mol. The molecule has 108 valence electrons. The van der Waals surface area contributed by atoms with Crippen LogP contribution in [0.25, 0.3) is 0 Å². The SMILES string of the molecule is CC(C)NCc1coc(COc2cc(Cl)cc(Cl)c2)c1. The van der Waals surface area contributed by atoms with Crippen LogP contribution in [-0.2, 0) is 13.2 Å². The molecule has 1 aromatic carbocycles. The summed E-state index contributed by atoms with van der Waals surface area (Å²) in [6, 6.07) is 7.52. The fourth-order valence-corrected chi connectivity index (χ4v) is 2.19. The highest BCUT2D eigenvalue weighted by molar-refractivity contribution is 6.34. The van der Waals surface area contributed by atoms with E-state index in [-0.39, 0.29) is 0 Å². The highest BCUT2D eigenvalue weighted by Gasteiger charge is 2.05. The van der Waals surface area contributed by atoms with Gasteiger partial charge in [-0.3, -0.25) is 0 Å². The molecule has 0 bridgehead atoms. The van der Waals surface area contributed by atoms with Gasteiger partial charge in [-0.05, 0) is 24.3 Å². The third-order valence-electron chi connectivity index (χ3n) is 2.64. The average molecular weight is 314 g/mol. The van der Waals surface area contributed by atoms with Crippen LogP contribution in [0.3, 0.4) is 0 Å². The summed E-state index contributed by atoms with van der Waals surface area (Å²) < 4.78 is 11.1. The summed E-state index contributed by atoms with van der Waals surface area (Å²) in [5.41, 5.74) is 1.10. The minimum absolute atomic E-state index is 0.346. The second-order valence-corrected chi connectivity index (χ2v) is 5.72. The highest BCUT2D eigenvalue weighted by Crippen LogP contribution is 2.25. The molecule has 0 aliphatic carbocycles. The highest BCUT2D eigenvalue weighted by atomic mass is 35.5. The zero-order valence-corrected chi connectivity index (χ0v) is 13.0. The van der Waals surface area contributed by atoms with Crippen LogP contribution in [0.5, 0.6) is 5.75 Å². The summed E-state index contributed by atoms with van der Waals surface area (Å²) >= 11 is 11.8. The molecule has 1 N–H and O–H groups in total. The fraction of sp³-hybridized carbons (Fsp3) is 0.333. The second kappa shape index (κ2) is 7.02. The molecule has 1 heterocycles. The van der Waals surface area contributed by atoms with Gasteiger partial charge < -0.3 is 14.5 Å². The van der Waals surface area contributed by atoms with Crippen LogP contribution < -0.4 is 10.1 Å². The van der Waals surface area contributed by atoms with Crippen molar-refractivity contribution in [3.05, 3.63) is 51.9 Å². The predicted molar refractivity (Wildman–Crippen MR) is 81.5 cm³/mol. The summed E-state index contributed by atoms with van der Waals surface area (Å²) in [4.78, 5) is 0. The van der Waals surface area contributed by atoms with Gasteiger partial charge in [0.25, 0.3) is 0 Å². The molecule has 2 aromatic rings. The van der Waals surface area contributed by atoms with Gasteiger partial charge in [0.2, 0.25) is 0 Å². The molecule has 0 saturated heterocycles. The summed E-state index contributed by atoms with van der Waals surface area (Å²) in [5, 5.41) is 4.43. The van der Waals surface area contributed by atoms with Gasteiger partial charge in [0.1, 0.15) is 18.1 Å². The topological polar surface area (TPSA) is 34.4 Å². The first-order valence-electron chi connectivity index (χ1n) is 6.41. The molecule has 3 nitrogen and oxygen atoms in total. The number of hydrogen-bond donors (Lipinski definition) is 1. The zero-order valence-electron chi connectivity index (χ0n) is 11.5. The zero-order chi connectivity index (χ0) is 14.5. The smallest absolute Gasteiger partial charge is 0.146 e. The van der Waals surface area contributed by atoms with Gasteiger partial charge in [-0.15, -0.1) is 0 Å². The van der Waals surface area contributed by atoms with Crippen LogP contribution >= 0.6 is 23.2 Å². The molecule has 2 rings (SSSR count). The van der Waals surface area contributed by atoms with E-state index in [9.17, 15) is 0 Å². The van der Waals surface area contributed by atoms with E-state index in [0.29, 0.717) is 28.4 Å². The molecule has 0 amide bonds. The summed E-state index contributed by atoms with van der Waals surface area (Å²) in [5.74, 6) is 1.39. The molecule has 0 spiro atoms. The van der Waals surface area contributed by atoms with E-state index in [2.05, 4.69) is 19.2 Å². The maximum atomic E-state index is 5.91. The summed E-state index contributed by atoms with van der Waals surface area (Å²) in [6.07, 6.45) is 1.74. The van der Waals surface area contributed by atoms with Gasteiger partial charge in [0, 0.05) is 28.2 Å². The van der Waals surface area contributed by atoms with Crippen molar-refractivity contribution in [3.63, 3.8) is 0 Å². The van der Waals surface area contributed by atoms with Crippen LogP contribution in [0.1, 0.15) is 25.2 Å². The average Bonchev–Trinajstić information content (AvgIpc) is 2.81. The fourth-order valence-electron chi connectivity index (χ4n) is 1.68. The molecular formula is C15H17Cl2NO2. The number of halogens is 2. The van der Waals surface area contributed by atoms with E-state index >= 15 is 0 Å². The van der Waals surface area contributed by atoms with Gasteiger partial charge in [-0.25, -0.2) is 0 Å². The molecule has 5 heteroatoms. The monoisotopic (exact) mass is 313 g/mol. The molecule has 0 aliphatic rings. The van der Waals surface area contributed by atoms with Crippen molar-refractivity contribution >= 4 is 23.2 Å². The largest absolute Gasteiger partial charge is 0.486 e. The number of furan rings is 1. The van der Waals surface area contributed by atoms with Crippen molar-refractivity contribution < 1.29 is 9.15 Å². The molecule has 0 radical (unpaired) electrons. The van der Waals surface area contributed by atoms with E-state index in [0.717, 1.165) is 17.9 Å². The van der Waals surface area contributed by atoms with Gasteiger partial charge in [0.15, 0.2) is 0 Å². The predicted octanol–water partition coefficient (Wildman–Crippen LogP) is 4.66. The summed E-state index contributed by atoms with van der Waals surface area (Å²) in [7, 11) is 0. The lowest BCUT2D eigenvalue weighted by atomic mass is 10.3. The first kappa shape index (κ1) is 15.2. The number of hydrogen-bond acceptors (Lipinski definition) is 3. The Morgan fingerprint density at radius 1 is 1.15 bits per heavy atom. The molecule has 1 aromatic heterocycles. The third kappa shape index (κ3) is 4.75. The van der Waals surface area contributed by atoms with E-state index in [4.69, 9.17) is 32.4 Å². The van der Waals surface area contributed by atoms with Crippen molar-refractivity contribution in [2.45, 2.75) is 33.0 Å². The van der Waals surface area contributed by atoms with Crippen LogP contribution in [0.15, 0.2) is 34.9 Å². The Balaban J connectivity index is 1.90. The number of ether oxygens (including phenoxy) is 1. The van der Waals surface area contributed by atoms with Crippen LogP contribution in [-0.4, -0.2) is 6.04 Å². The van der Waals surface area contributed by atoms with Crippen molar-refractivity contribution in [3.8, 4) is 5.75 Å². The first-order chi connectivity index (χ1) is 9.52. The van der Waals surface area contributed by atoms with Crippen molar-refractivity contribution in [2.24, 2.45) is 0 Å². The quantitative estimate of drug-likeness (QED) is 0.842. The number of nitrogens with one attached hydrogen (secondary N) is 1. The number of rotatable bonds is 6. The summed E-state index contributed by atoms with van der Waals surface area (Å²) in [6.45, 7) is 5.34. The Hall–Kier alpha value is -1.16. The lowest BCUT2D eigenvalue weighted by Crippen LogP contribution is -2.21. The van der Waals surface area contributed by atoms with Gasteiger partial charge >= 0.3 is 0 Å². The van der Waals surface area contributed by atoms with Crippen molar-refractivity contribution in [1.82, 2.24) is 5.32 Å². The Morgan fingerprint density at radius 2 is 1.85 bits per heavy atom. The number of benzene rings is 1. The maximum absolute atomic E-state index is 5.91. The molecule has 0 aliphatic heterocycles. The molecule has 0 unspecified atom stereocenters. The van der Waals surface area contributed by atoms with Gasteiger partial charge in [-0.2, -0.15) is 0 Å². The van der Waals surface area contributed by atoms with E-state index < -0.39 is 0 Å². The lowest BCUT2D eigenvalue weighted by molar-refractivity contribution is 0.270. The molecule has 0 atom stereocenters. The van der Waals surface area contributed by atoms with E-state index in [1.165, 1.54) is 0 Å². The Labute approximate surface area is 128 Å². The lowest BCUT2D eigenvalue weighted by Gasteiger charge is -2.05. The normalized spacial score (nSPS) is 11.1. The van der Waals surface area contributed by atoms with E-state index in [1.807, 2.05) is 6.07 Å². The van der Waals surface area contributed by atoms with Crippen LogP contribution in [0.2, 0.25) is 10.0 Å². The Bertz CT molecular complexity index is 547. The van der Waals surface area contributed by atoms with Crippen LogP contribution in [0, 0.1) is 0 Å². The third-order valence-corrected chi connectivity index (χ3v) is 3.08. The molecule has 20 heavy (non-hydrogen) atoms. The first-order valence-corrected chi connectivity index (χ1v) is 7.17. The maximum Gasteiger partial charge on any atom is 0.146 e. The van der Waals surface area contributed by atoms with Crippen molar-refractivity contribution in [2.75, 3.05) is 0 Å². The van der Waals surface area contributed by atoms with Gasteiger partial charge in [0.05, 0.1) is 6.26 Å². The molecule has 0 saturated carbocycles. The Morgan fingerprint density at radius 3 is 2.50 bits per heavy atom. The van der Waals surface area contributed by atoms with Gasteiger partial charge in [-0.1, -0.05) is 37.0 Å². The van der Waals surface area contributed by atoms with Crippen LogP contribution in [0.4, 0.5) is 0 Å². The Kier molecular flexibility index (Phi) is 5.35. The minimum Gasteiger partial charge on any atom is -0.486 e. The second-order valence-electron chi connectivity index (χ2n) is 4.85. The van der Waals surface area contributed by atoms with Crippen molar-refractivity contribution in [1.29, 1.82) is 0 Å². The molecule has 0 fully saturated rings.